The van der Waals surface area contributed by atoms with Gasteiger partial charge in [0.2, 0.25) is 0 Å². The molecule has 1 aliphatic heterocycles. The Morgan fingerprint density at radius 3 is 2.44 bits per heavy atom. The molecule has 0 aliphatic carbocycles. The molecule has 25 heavy (non-hydrogen) atoms. The molecule has 0 radical (unpaired) electrons. The van der Waals surface area contributed by atoms with Gasteiger partial charge in [-0.1, -0.05) is 60.7 Å². The van der Waals surface area contributed by atoms with Gasteiger partial charge in [-0.05, 0) is 24.0 Å². The maximum atomic E-state index is 10.9. The first kappa shape index (κ1) is 17.6. The molecule has 0 bridgehead atoms. The third kappa shape index (κ3) is 5.13. The second-order valence-corrected chi connectivity index (χ2v) is 6.24. The van der Waals surface area contributed by atoms with Crippen molar-refractivity contribution in [1.29, 1.82) is 0 Å². The van der Waals surface area contributed by atoms with E-state index in [9.17, 15) is 4.79 Å². The largest absolute Gasteiger partial charge is 0.458 e. The van der Waals surface area contributed by atoms with Gasteiger partial charge in [-0.25, -0.2) is 0 Å². The van der Waals surface area contributed by atoms with Crippen molar-refractivity contribution in [1.82, 2.24) is 10.8 Å². The van der Waals surface area contributed by atoms with Gasteiger partial charge in [-0.2, -0.15) is 5.48 Å². The van der Waals surface area contributed by atoms with Crippen molar-refractivity contribution in [3.05, 3.63) is 71.8 Å². The summed E-state index contributed by atoms with van der Waals surface area (Å²) in [4.78, 5) is 16.5. The number of rotatable bonds is 8. The average molecular weight is 340 g/mol. The van der Waals surface area contributed by atoms with Crippen LogP contribution in [-0.2, 0) is 21.0 Å². The molecule has 1 heterocycles. The lowest BCUT2D eigenvalue weighted by molar-refractivity contribution is -0.136. The number of benzene rings is 2. The molecule has 0 amide bonds. The maximum absolute atomic E-state index is 10.9. The first-order valence-electron chi connectivity index (χ1n) is 8.65. The van der Waals surface area contributed by atoms with Gasteiger partial charge in [-0.3, -0.25) is 9.63 Å². The molecule has 0 spiro atoms. The van der Waals surface area contributed by atoms with E-state index in [-0.39, 0.29) is 18.2 Å². The fourth-order valence-corrected chi connectivity index (χ4v) is 3.16. The number of hydrogen-bond donors (Lipinski definition) is 2. The summed E-state index contributed by atoms with van der Waals surface area (Å²) in [7, 11) is 0. The minimum atomic E-state index is -0.259. The van der Waals surface area contributed by atoms with Crippen molar-refractivity contribution in [2.24, 2.45) is 0 Å². The number of carbonyl (C=O) groups is 1. The molecule has 0 saturated carbocycles. The summed E-state index contributed by atoms with van der Waals surface area (Å²) in [6, 6.07) is 20.3. The Kier molecular flexibility index (Phi) is 6.56. The van der Waals surface area contributed by atoms with Crippen LogP contribution >= 0.6 is 0 Å². The molecule has 2 aromatic rings. The topological polar surface area (TPSA) is 59.6 Å². The summed E-state index contributed by atoms with van der Waals surface area (Å²) >= 11 is 0. The highest BCUT2D eigenvalue weighted by molar-refractivity contribution is 5.39. The van der Waals surface area contributed by atoms with Crippen molar-refractivity contribution in [2.45, 2.75) is 37.6 Å². The molecule has 2 aromatic carbocycles. The molecule has 3 atom stereocenters. The van der Waals surface area contributed by atoms with Crippen LogP contribution in [0.3, 0.4) is 0 Å². The Balaban J connectivity index is 1.46. The lowest BCUT2D eigenvalue weighted by atomic mass is 9.93. The zero-order valence-electron chi connectivity index (χ0n) is 14.1. The van der Waals surface area contributed by atoms with Gasteiger partial charge in [-0.15, -0.1) is 0 Å². The number of piperidine rings is 1. The summed E-state index contributed by atoms with van der Waals surface area (Å²) < 4.78 is 5.35. The highest BCUT2D eigenvalue weighted by Gasteiger charge is 2.29. The third-order valence-corrected chi connectivity index (χ3v) is 4.48. The van der Waals surface area contributed by atoms with Crippen LogP contribution in [0, 0.1) is 0 Å². The van der Waals surface area contributed by atoms with Gasteiger partial charge in [0, 0.05) is 18.6 Å². The molecule has 3 rings (SSSR count). The Hall–Kier alpha value is -2.21. The van der Waals surface area contributed by atoms with Crippen LogP contribution in [0.5, 0.6) is 0 Å². The monoisotopic (exact) mass is 340 g/mol. The van der Waals surface area contributed by atoms with Crippen molar-refractivity contribution >= 4 is 6.47 Å². The van der Waals surface area contributed by atoms with E-state index >= 15 is 0 Å². The van der Waals surface area contributed by atoms with Crippen LogP contribution in [-0.4, -0.2) is 25.1 Å². The van der Waals surface area contributed by atoms with Gasteiger partial charge in [0.05, 0.1) is 6.61 Å². The Morgan fingerprint density at radius 2 is 1.80 bits per heavy atom. The number of nitrogens with one attached hydrogen (secondary N) is 2. The molecular weight excluding hydrogens is 316 g/mol. The number of carbonyl (C=O) groups excluding carboxylic acids is 1. The first-order chi connectivity index (χ1) is 12.4. The lowest BCUT2D eigenvalue weighted by Crippen LogP contribution is -2.50. The fraction of sp³-hybridized carbons (Fsp3) is 0.350. The number of hydroxylamine groups is 1. The van der Waals surface area contributed by atoms with Crippen LogP contribution in [0.4, 0.5) is 0 Å². The molecule has 132 valence electrons. The summed E-state index contributed by atoms with van der Waals surface area (Å²) in [6.45, 7) is 1.85. The molecule has 5 nitrogen and oxygen atoms in total. The molecule has 1 fully saturated rings. The van der Waals surface area contributed by atoms with E-state index in [0.717, 1.165) is 30.5 Å². The predicted molar refractivity (Wildman–Crippen MR) is 95.5 cm³/mol. The summed E-state index contributed by atoms with van der Waals surface area (Å²) in [5.74, 6) is 0. The fourth-order valence-electron chi connectivity index (χ4n) is 3.16. The lowest BCUT2D eigenvalue weighted by Gasteiger charge is -2.34. The minimum Gasteiger partial charge on any atom is -0.458 e. The Bertz CT molecular complexity index is 628. The van der Waals surface area contributed by atoms with Crippen LogP contribution in [0.1, 0.15) is 30.1 Å². The average Bonchev–Trinajstić information content (AvgIpc) is 2.68. The van der Waals surface area contributed by atoms with Gasteiger partial charge >= 0.3 is 0 Å². The van der Waals surface area contributed by atoms with E-state index in [0.29, 0.717) is 13.1 Å². The standard InChI is InChI=1S/C20H24N2O3/c23-15-24-20(17-9-5-2-6-10-17)19-12-11-18(13-21-19)22-25-14-16-7-3-1-4-8-16/h1-10,15,18-22H,11-14H2/t18-,19+,20?/m1/s1. The molecule has 1 saturated heterocycles. The summed E-state index contributed by atoms with van der Waals surface area (Å²) in [5.41, 5.74) is 5.28. The molecule has 5 heteroatoms. The molecular formula is C20H24N2O3. The SMILES string of the molecule is O=COC(c1ccccc1)[C@@H]1CC[C@@H](NOCc2ccccc2)CN1. The molecule has 0 aromatic heterocycles. The third-order valence-electron chi connectivity index (χ3n) is 4.48. The van der Waals surface area contributed by atoms with E-state index < -0.39 is 0 Å². The normalized spacial score (nSPS) is 21.4. The molecule has 2 N–H and O–H groups in total. The van der Waals surface area contributed by atoms with E-state index in [1.807, 2.05) is 60.7 Å². The minimum absolute atomic E-state index is 0.111. The first-order valence-corrected chi connectivity index (χ1v) is 8.65. The zero-order chi connectivity index (χ0) is 17.3. The van der Waals surface area contributed by atoms with Gasteiger partial charge < -0.3 is 10.1 Å². The highest BCUT2D eigenvalue weighted by Crippen LogP contribution is 2.26. The van der Waals surface area contributed by atoms with E-state index in [2.05, 4.69) is 10.8 Å². The molecule has 1 aliphatic rings. The second-order valence-electron chi connectivity index (χ2n) is 6.24. The van der Waals surface area contributed by atoms with Crippen molar-refractivity contribution < 1.29 is 14.4 Å². The van der Waals surface area contributed by atoms with Gasteiger partial charge in [0.15, 0.2) is 0 Å². The van der Waals surface area contributed by atoms with Crippen LogP contribution in [0.15, 0.2) is 60.7 Å². The van der Waals surface area contributed by atoms with Crippen LogP contribution in [0.2, 0.25) is 0 Å². The van der Waals surface area contributed by atoms with Crippen LogP contribution in [0.25, 0.3) is 0 Å². The molecule has 1 unspecified atom stereocenters. The van der Waals surface area contributed by atoms with Gasteiger partial charge in [0.25, 0.3) is 6.47 Å². The number of ether oxygens (including phenoxy) is 1. The van der Waals surface area contributed by atoms with E-state index in [1.165, 1.54) is 0 Å². The van der Waals surface area contributed by atoms with Crippen molar-refractivity contribution in [3.8, 4) is 0 Å². The second kappa shape index (κ2) is 9.32. The van der Waals surface area contributed by atoms with E-state index in [4.69, 9.17) is 9.57 Å². The van der Waals surface area contributed by atoms with Crippen molar-refractivity contribution in [2.75, 3.05) is 6.54 Å². The van der Waals surface area contributed by atoms with Crippen molar-refractivity contribution in [3.63, 3.8) is 0 Å². The van der Waals surface area contributed by atoms with Gasteiger partial charge in [0.1, 0.15) is 6.10 Å². The highest BCUT2D eigenvalue weighted by atomic mass is 16.6. The van der Waals surface area contributed by atoms with Crippen LogP contribution < -0.4 is 10.8 Å². The Morgan fingerprint density at radius 1 is 1.08 bits per heavy atom. The quantitative estimate of drug-likeness (QED) is 0.572. The summed E-state index contributed by atoms with van der Waals surface area (Å²) in [6.07, 6.45) is 1.60. The van der Waals surface area contributed by atoms with E-state index in [1.54, 1.807) is 0 Å². The zero-order valence-corrected chi connectivity index (χ0v) is 14.1. The Labute approximate surface area is 148 Å². The predicted octanol–water partition coefficient (Wildman–Crippen LogP) is 2.74. The maximum Gasteiger partial charge on any atom is 0.293 e. The summed E-state index contributed by atoms with van der Waals surface area (Å²) in [5, 5.41) is 3.47. The number of hydrogen-bond acceptors (Lipinski definition) is 5. The smallest absolute Gasteiger partial charge is 0.293 e.